The molecule has 20 heavy (non-hydrogen) atoms. The van der Waals surface area contributed by atoms with Crippen LogP contribution in [-0.4, -0.2) is 13.6 Å². The van der Waals surface area contributed by atoms with E-state index in [2.05, 4.69) is 33.1 Å². The molecule has 6 atom stereocenters. The maximum atomic E-state index is 3.47. The van der Waals surface area contributed by atoms with Crippen LogP contribution >= 0.6 is 0 Å². The van der Waals surface area contributed by atoms with Gasteiger partial charge in [-0.15, -0.1) is 0 Å². The molecule has 2 rings (SSSR count). The Labute approximate surface area is 127 Å². The fourth-order valence-corrected chi connectivity index (χ4v) is 5.10. The lowest BCUT2D eigenvalue weighted by molar-refractivity contribution is 0.0651. The number of nitrogens with one attached hydrogen (secondary N) is 1. The van der Waals surface area contributed by atoms with Crippen molar-refractivity contribution in [3.63, 3.8) is 0 Å². The van der Waals surface area contributed by atoms with Gasteiger partial charge in [0, 0.05) is 0 Å². The van der Waals surface area contributed by atoms with Gasteiger partial charge in [0.25, 0.3) is 0 Å². The van der Waals surface area contributed by atoms with E-state index in [0.717, 1.165) is 35.5 Å². The van der Waals surface area contributed by atoms with Gasteiger partial charge in [-0.1, -0.05) is 46.5 Å². The Kier molecular flexibility index (Phi) is 6.39. The van der Waals surface area contributed by atoms with E-state index in [1.165, 1.54) is 57.9 Å². The van der Waals surface area contributed by atoms with Crippen LogP contribution in [0.15, 0.2) is 0 Å². The Balaban J connectivity index is 1.99. The fraction of sp³-hybridized carbons (Fsp3) is 1.00. The monoisotopic (exact) mass is 279 g/mol. The Bertz CT molecular complexity index is 275. The zero-order valence-electron chi connectivity index (χ0n) is 14.3. The van der Waals surface area contributed by atoms with Crippen molar-refractivity contribution < 1.29 is 0 Å². The molecule has 0 aromatic heterocycles. The lowest BCUT2D eigenvalue weighted by atomic mass is 9.62. The molecule has 0 aromatic rings. The average molecular weight is 280 g/mol. The van der Waals surface area contributed by atoms with Crippen molar-refractivity contribution in [3.8, 4) is 0 Å². The summed E-state index contributed by atoms with van der Waals surface area (Å²) in [6, 6.07) is 0. The Morgan fingerprint density at radius 2 is 1.75 bits per heavy atom. The SMILES string of the molecule is CCCC1CCC(CNC)C(C2CCC(C)C(C)C2)C1. The molecule has 0 saturated heterocycles. The van der Waals surface area contributed by atoms with Gasteiger partial charge in [-0.2, -0.15) is 0 Å². The maximum absolute atomic E-state index is 3.47. The molecule has 2 aliphatic rings. The molecule has 0 amide bonds. The highest BCUT2D eigenvalue weighted by Crippen LogP contribution is 2.46. The van der Waals surface area contributed by atoms with E-state index in [9.17, 15) is 0 Å². The Morgan fingerprint density at radius 3 is 2.40 bits per heavy atom. The summed E-state index contributed by atoms with van der Waals surface area (Å²) in [4.78, 5) is 0. The third-order valence-electron chi connectivity index (χ3n) is 6.56. The van der Waals surface area contributed by atoms with E-state index in [-0.39, 0.29) is 0 Å². The molecule has 1 heteroatoms. The molecule has 118 valence electrons. The molecule has 1 nitrogen and oxygen atoms in total. The first-order valence-electron chi connectivity index (χ1n) is 9.30. The number of rotatable bonds is 5. The molecule has 2 saturated carbocycles. The Hall–Kier alpha value is -0.0400. The van der Waals surface area contributed by atoms with E-state index in [0.29, 0.717) is 0 Å². The van der Waals surface area contributed by atoms with Crippen LogP contribution in [0.2, 0.25) is 0 Å². The third kappa shape index (κ3) is 4.00. The molecular formula is C19H37N. The summed E-state index contributed by atoms with van der Waals surface area (Å²) < 4.78 is 0. The molecule has 0 aromatic carbocycles. The normalized spacial score (nSPS) is 42.6. The van der Waals surface area contributed by atoms with E-state index >= 15 is 0 Å². The minimum atomic E-state index is 0.954. The summed E-state index contributed by atoms with van der Waals surface area (Å²) in [5.41, 5.74) is 0. The molecule has 0 heterocycles. The van der Waals surface area contributed by atoms with Gasteiger partial charge in [0.2, 0.25) is 0 Å². The molecule has 0 spiro atoms. The second-order valence-corrected chi connectivity index (χ2v) is 7.98. The molecule has 6 unspecified atom stereocenters. The highest BCUT2D eigenvalue weighted by molar-refractivity contribution is 4.88. The Morgan fingerprint density at radius 1 is 0.950 bits per heavy atom. The second-order valence-electron chi connectivity index (χ2n) is 7.98. The lowest BCUT2D eigenvalue weighted by Crippen LogP contribution is -2.38. The first-order valence-corrected chi connectivity index (χ1v) is 9.30. The number of hydrogen-bond donors (Lipinski definition) is 1. The quantitative estimate of drug-likeness (QED) is 0.737. The summed E-state index contributed by atoms with van der Waals surface area (Å²) in [6.07, 6.45) is 11.9. The highest BCUT2D eigenvalue weighted by atomic mass is 14.8. The van der Waals surface area contributed by atoms with Crippen LogP contribution in [0.4, 0.5) is 0 Å². The van der Waals surface area contributed by atoms with Crippen LogP contribution in [-0.2, 0) is 0 Å². The molecule has 0 radical (unpaired) electrons. The molecule has 1 N–H and O–H groups in total. The maximum Gasteiger partial charge on any atom is -0.00208 e. The van der Waals surface area contributed by atoms with Crippen molar-refractivity contribution in [1.29, 1.82) is 0 Å². The van der Waals surface area contributed by atoms with E-state index < -0.39 is 0 Å². The van der Waals surface area contributed by atoms with Crippen molar-refractivity contribution in [2.24, 2.45) is 35.5 Å². The lowest BCUT2D eigenvalue weighted by Gasteiger charge is -2.44. The van der Waals surface area contributed by atoms with Gasteiger partial charge >= 0.3 is 0 Å². The van der Waals surface area contributed by atoms with Crippen molar-refractivity contribution >= 4 is 0 Å². The van der Waals surface area contributed by atoms with Gasteiger partial charge in [0.05, 0.1) is 0 Å². The minimum absolute atomic E-state index is 0.954. The molecule has 2 aliphatic carbocycles. The zero-order chi connectivity index (χ0) is 14.5. The predicted octanol–water partition coefficient (Wildman–Crippen LogP) is 5.11. The smallest absolute Gasteiger partial charge is 0.00208 e. The summed E-state index contributed by atoms with van der Waals surface area (Å²) in [6.45, 7) is 8.58. The standard InChI is InChI=1S/C19H37N/c1-5-6-16-8-10-18(13-20-4)19(12-16)17-9-7-14(2)15(3)11-17/h14-20H,5-13H2,1-4H3. The number of hydrogen-bond acceptors (Lipinski definition) is 1. The van der Waals surface area contributed by atoms with Crippen LogP contribution in [0, 0.1) is 35.5 Å². The van der Waals surface area contributed by atoms with Crippen LogP contribution in [0.25, 0.3) is 0 Å². The summed E-state index contributed by atoms with van der Waals surface area (Å²) in [7, 11) is 2.14. The molecule has 2 fully saturated rings. The second kappa shape index (κ2) is 7.82. The predicted molar refractivity (Wildman–Crippen MR) is 88.8 cm³/mol. The average Bonchev–Trinajstić information content (AvgIpc) is 2.44. The van der Waals surface area contributed by atoms with Gasteiger partial charge in [0.1, 0.15) is 0 Å². The van der Waals surface area contributed by atoms with E-state index in [1.807, 2.05) is 0 Å². The minimum Gasteiger partial charge on any atom is -0.319 e. The van der Waals surface area contributed by atoms with Gasteiger partial charge in [-0.05, 0) is 74.8 Å². The van der Waals surface area contributed by atoms with Crippen molar-refractivity contribution in [1.82, 2.24) is 5.32 Å². The van der Waals surface area contributed by atoms with Crippen molar-refractivity contribution in [3.05, 3.63) is 0 Å². The largest absolute Gasteiger partial charge is 0.319 e. The van der Waals surface area contributed by atoms with Crippen LogP contribution in [0.3, 0.4) is 0 Å². The van der Waals surface area contributed by atoms with Gasteiger partial charge < -0.3 is 5.32 Å². The van der Waals surface area contributed by atoms with Gasteiger partial charge in [-0.25, -0.2) is 0 Å². The molecule has 0 bridgehead atoms. The van der Waals surface area contributed by atoms with Gasteiger partial charge in [-0.3, -0.25) is 0 Å². The summed E-state index contributed by atoms with van der Waals surface area (Å²) in [5.74, 6) is 5.95. The van der Waals surface area contributed by atoms with Crippen LogP contribution < -0.4 is 5.32 Å². The fourth-order valence-electron chi connectivity index (χ4n) is 5.10. The van der Waals surface area contributed by atoms with Gasteiger partial charge in [0.15, 0.2) is 0 Å². The third-order valence-corrected chi connectivity index (χ3v) is 6.56. The van der Waals surface area contributed by atoms with Crippen LogP contribution in [0.5, 0.6) is 0 Å². The molecule has 0 aliphatic heterocycles. The molecular weight excluding hydrogens is 242 g/mol. The summed E-state index contributed by atoms with van der Waals surface area (Å²) in [5, 5.41) is 3.47. The highest BCUT2D eigenvalue weighted by Gasteiger charge is 2.37. The van der Waals surface area contributed by atoms with E-state index in [1.54, 1.807) is 0 Å². The van der Waals surface area contributed by atoms with E-state index in [4.69, 9.17) is 0 Å². The van der Waals surface area contributed by atoms with Crippen molar-refractivity contribution in [2.45, 2.75) is 72.1 Å². The summed E-state index contributed by atoms with van der Waals surface area (Å²) >= 11 is 0. The van der Waals surface area contributed by atoms with Crippen LogP contribution in [0.1, 0.15) is 72.1 Å². The zero-order valence-corrected chi connectivity index (χ0v) is 14.3. The first-order chi connectivity index (χ1) is 9.65. The first kappa shape index (κ1) is 16.3. The topological polar surface area (TPSA) is 12.0 Å². The van der Waals surface area contributed by atoms with Crippen molar-refractivity contribution in [2.75, 3.05) is 13.6 Å².